The number of fused-ring (bicyclic) bond motifs is 2. The molecule has 1 atom stereocenters. The Morgan fingerprint density at radius 1 is 1.16 bits per heavy atom. The van der Waals surface area contributed by atoms with Gasteiger partial charge >= 0.3 is 0 Å². The number of benzene rings is 2. The lowest BCUT2D eigenvalue weighted by atomic mass is 10.1. The van der Waals surface area contributed by atoms with Gasteiger partial charge in [-0.15, -0.1) is 0 Å². The molecular formula is C20H20FN3O5S2. The zero-order valence-corrected chi connectivity index (χ0v) is 18.3. The minimum atomic E-state index is -4.24. The highest BCUT2D eigenvalue weighted by molar-refractivity contribution is 7.89. The van der Waals surface area contributed by atoms with Gasteiger partial charge < -0.3 is 14.8 Å². The summed E-state index contributed by atoms with van der Waals surface area (Å²) in [6.45, 7) is 4.29. The number of carbonyl (C=O) groups is 1. The second-order valence-corrected chi connectivity index (χ2v) is 9.96. The highest BCUT2D eigenvalue weighted by Gasteiger charge is 2.30. The Morgan fingerprint density at radius 2 is 1.84 bits per heavy atom. The largest absolute Gasteiger partial charge is 0.486 e. The van der Waals surface area contributed by atoms with Crippen LogP contribution in [0.25, 0.3) is 10.2 Å². The molecule has 0 fully saturated rings. The summed E-state index contributed by atoms with van der Waals surface area (Å²) in [5, 5.41) is 2.96. The number of halogens is 1. The van der Waals surface area contributed by atoms with Crippen molar-refractivity contribution in [3.8, 4) is 11.5 Å². The molecule has 0 radical (unpaired) electrons. The molecule has 0 saturated heterocycles. The number of aromatic nitrogens is 1. The number of rotatable bonds is 6. The zero-order valence-electron chi connectivity index (χ0n) is 16.7. The predicted octanol–water partition coefficient (Wildman–Crippen LogP) is 3.15. The summed E-state index contributed by atoms with van der Waals surface area (Å²) in [5.74, 6) is -0.689. The molecule has 11 heteroatoms. The van der Waals surface area contributed by atoms with E-state index < -0.39 is 38.6 Å². The molecule has 8 nitrogen and oxygen atoms in total. The Labute approximate surface area is 182 Å². The molecule has 1 aliphatic rings. The van der Waals surface area contributed by atoms with E-state index in [1.54, 1.807) is 26.0 Å². The number of hydrogen-bond acceptors (Lipinski definition) is 7. The van der Waals surface area contributed by atoms with E-state index in [0.29, 0.717) is 35.4 Å². The van der Waals surface area contributed by atoms with Crippen LogP contribution in [-0.4, -0.2) is 38.6 Å². The predicted molar refractivity (Wildman–Crippen MR) is 115 cm³/mol. The van der Waals surface area contributed by atoms with E-state index in [1.165, 1.54) is 23.5 Å². The van der Waals surface area contributed by atoms with Gasteiger partial charge in [-0.3, -0.25) is 4.79 Å². The van der Waals surface area contributed by atoms with Gasteiger partial charge in [0.15, 0.2) is 16.6 Å². The van der Waals surface area contributed by atoms with Gasteiger partial charge in [0.1, 0.15) is 30.0 Å². The number of nitrogens with zero attached hydrogens (tertiary/aromatic N) is 1. The van der Waals surface area contributed by atoms with Crippen molar-refractivity contribution < 1.29 is 27.1 Å². The maximum atomic E-state index is 14.0. The van der Waals surface area contributed by atoms with Crippen molar-refractivity contribution >= 4 is 42.6 Å². The van der Waals surface area contributed by atoms with E-state index in [1.807, 2.05) is 0 Å². The summed E-state index contributed by atoms with van der Waals surface area (Å²) in [7, 11) is -4.24. The molecule has 164 valence electrons. The van der Waals surface area contributed by atoms with Gasteiger partial charge in [0.05, 0.1) is 10.2 Å². The van der Waals surface area contributed by atoms with Crippen molar-refractivity contribution in [3.05, 3.63) is 42.2 Å². The number of nitrogens with one attached hydrogen (secondary N) is 2. The third-order valence-corrected chi connectivity index (χ3v) is 7.05. The fourth-order valence-corrected chi connectivity index (χ4v) is 5.39. The highest BCUT2D eigenvalue weighted by Crippen LogP contribution is 2.37. The Bertz CT molecular complexity index is 1200. The molecule has 0 saturated carbocycles. The van der Waals surface area contributed by atoms with Crippen LogP contribution in [0, 0.1) is 11.7 Å². The summed E-state index contributed by atoms with van der Waals surface area (Å²) in [4.78, 5) is 16.7. The Morgan fingerprint density at radius 3 is 2.52 bits per heavy atom. The van der Waals surface area contributed by atoms with Crippen LogP contribution in [0.1, 0.15) is 13.8 Å². The summed E-state index contributed by atoms with van der Waals surface area (Å²) in [6, 6.07) is 7.39. The molecule has 0 bridgehead atoms. The standard InChI is InChI=1S/C20H20FN3O5S2/c1-11(2)18(24-31(26,27)17-6-4-3-5-12(17)21)19(25)23-20-22-13-9-14-15(10-16(13)30-20)29-8-7-28-14/h3-6,9-11,18,24H,7-8H2,1-2H3,(H,22,23,25)/t18-/m0/s1. The normalized spacial score (nSPS) is 14.6. The average Bonchev–Trinajstić information content (AvgIpc) is 3.11. The van der Waals surface area contributed by atoms with Crippen LogP contribution in [0.2, 0.25) is 0 Å². The molecule has 1 amide bonds. The smallest absolute Gasteiger partial charge is 0.244 e. The van der Waals surface area contributed by atoms with E-state index in [0.717, 1.165) is 16.8 Å². The minimum Gasteiger partial charge on any atom is -0.486 e. The second kappa shape index (κ2) is 8.40. The van der Waals surface area contributed by atoms with E-state index in [-0.39, 0.29) is 0 Å². The van der Waals surface area contributed by atoms with Crippen molar-refractivity contribution in [2.45, 2.75) is 24.8 Å². The minimum absolute atomic E-state index is 0.304. The second-order valence-electron chi connectivity index (χ2n) is 7.25. The maximum absolute atomic E-state index is 14.0. The molecule has 4 rings (SSSR count). The molecule has 31 heavy (non-hydrogen) atoms. The first-order valence-corrected chi connectivity index (χ1v) is 11.8. The van der Waals surface area contributed by atoms with E-state index >= 15 is 0 Å². The summed E-state index contributed by atoms with van der Waals surface area (Å²) < 4.78 is 53.5. The highest BCUT2D eigenvalue weighted by atomic mass is 32.2. The SMILES string of the molecule is CC(C)[C@H](NS(=O)(=O)c1ccccc1F)C(=O)Nc1nc2cc3c(cc2s1)OCCO3. The lowest BCUT2D eigenvalue weighted by Crippen LogP contribution is -2.47. The van der Waals surface area contributed by atoms with Crippen molar-refractivity contribution in [1.29, 1.82) is 0 Å². The number of anilines is 1. The van der Waals surface area contributed by atoms with Crippen molar-refractivity contribution in [3.63, 3.8) is 0 Å². The van der Waals surface area contributed by atoms with E-state index in [4.69, 9.17) is 9.47 Å². The lowest BCUT2D eigenvalue weighted by Gasteiger charge is -2.21. The monoisotopic (exact) mass is 465 g/mol. The number of hydrogen-bond donors (Lipinski definition) is 2. The first-order valence-electron chi connectivity index (χ1n) is 9.52. The van der Waals surface area contributed by atoms with Gasteiger partial charge in [0.25, 0.3) is 0 Å². The summed E-state index contributed by atoms with van der Waals surface area (Å²) >= 11 is 1.23. The fourth-order valence-electron chi connectivity index (χ4n) is 3.09. The summed E-state index contributed by atoms with van der Waals surface area (Å²) in [6.07, 6.45) is 0. The van der Waals surface area contributed by atoms with Gasteiger partial charge in [-0.2, -0.15) is 4.72 Å². The number of ether oxygens (including phenoxy) is 2. The van der Waals surface area contributed by atoms with Crippen LogP contribution in [0.15, 0.2) is 41.3 Å². The number of sulfonamides is 1. The van der Waals surface area contributed by atoms with E-state index in [9.17, 15) is 17.6 Å². The van der Waals surface area contributed by atoms with Gasteiger partial charge in [-0.05, 0) is 18.1 Å². The third-order valence-electron chi connectivity index (χ3n) is 4.64. The molecule has 3 aromatic rings. The zero-order chi connectivity index (χ0) is 22.2. The van der Waals surface area contributed by atoms with Gasteiger partial charge in [-0.25, -0.2) is 17.8 Å². The number of thiazole rings is 1. The quantitative estimate of drug-likeness (QED) is 0.579. The lowest BCUT2D eigenvalue weighted by molar-refractivity contribution is -0.118. The fraction of sp³-hybridized carbons (Fsp3) is 0.300. The van der Waals surface area contributed by atoms with Crippen molar-refractivity contribution in [1.82, 2.24) is 9.71 Å². The first-order chi connectivity index (χ1) is 14.7. The number of carbonyl (C=O) groups excluding carboxylic acids is 1. The Hall–Kier alpha value is -2.76. The Kier molecular flexibility index (Phi) is 5.82. The molecule has 1 aromatic heterocycles. The molecule has 0 spiro atoms. The number of amides is 1. The Balaban J connectivity index is 1.56. The first kappa shape index (κ1) is 21.5. The molecule has 0 aliphatic carbocycles. The molecule has 1 aliphatic heterocycles. The average molecular weight is 466 g/mol. The maximum Gasteiger partial charge on any atom is 0.244 e. The van der Waals surface area contributed by atoms with Crippen LogP contribution in [0.5, 0.6) is 11.5 Å². The summed E-state index contributed by atoms with van der Waals surface area (Å²) in [5.41, 5.74) is 0.623. The topological polar surface area (TPSA) is 107 Å². The molecule has 0 unspecified atom stereocenters. The van der Waals surface area contributed by atoms with Crippen LogP contribution in [0.3, 0.4) is 0 Å². The van der Waals surface area contributed by atoms with Gasteiger partial charge in [-0.1, -0.05) is 37.3 Å². The third kappa shape index (κ3) is 4.48. The van der Waals surface area contributed by atoms with Gasteiger partial charge in [0, 0.05) is 12.1 Å². The molecule has 2 heterocycles. The van der Waals surface area contributed by atoms with Crippen LogP contribution < -0.4 is 19.5 Å². The van der Waals surface area contributed by atoms with Crippen molar-refractivity contribution in [2.75, 3.05) is 18.5 Å². The van der Waals surface area contributed by atoms with Crippen molar-refractivity contribution in [2.24, 2.45) is 5.92 Å². The molecule has 2 N–H and O–H groups in total. The van der Waals surface area contributed by atoms with Crippen LogP contribution in [0.4, 0.5) is 9.52 Å². The van der Waals surface area contributed by atoms with Gasteiger partial charge in [0.2, 0.25) is 15.9 Å². The van der Waals surface area contributed by atoms with Crippen LogP contribution in [-0.2, 0) is 14.8 Å². The van der Waals surface area contributed by atoms with Crippen LogP contribution >= 0.6 is 11.3 Å². The molecular weight excluding hydrogens is 445 g/mol. The molecule has 2 aromatic carbocycles. The van der Waals surface area contributed by atoms with E-state index in [2.05, 4.69) is 15.0 Å².